The maximum Gasteiger partial charge on any atom is 0.446 e. The van der Waals surface area contributed by atoms with Crippen molar-refractivity contribution in [3.63, 3.8) is 0 Å². The highest BCUT2D eigenvalue weighted by Gasteiger charge is 2.39. The lowest BCUT2D eigenvalue weighted by atomic mass is 9.70. The summed E-state index contributed by atoms with van der Waals surface area (Å²) in [6.07, 6.45) is 1.69. The number of rotatable bonds is 3. The van der Waals surface area contributed by atoms with Crippen LogP contribution in [0.3, 0.4) is 0 Å². The van der Waals surface area contributed by atoms with Crippen molar-refractivity contribution in [3.8, 4) is 11.3 Å². The molecule has 0 saturated carbocycles. The molecule has 2 aromatic rings. The molecule has 0 aliphatic carbocycles. The quantitative estimate of drug-likeness (QED) is 0.817. The van der Waals surface area contributed by atoms with E-state index in [2.05, 4.69) is 36.6 Å². The first kappa shape index (κ1) is 16.1. The fraction of sp³-hybridized carbons (Fsp3) is 0.188. The molecule has 4 nitrogen and oxygen atoms in total. The normalized spacial score (nSPS) is 14.6. The van der Waals surface area contributed by atoms with Gasteiger partial charge in [-0.3, -0.25) is 0 Å². The molecule has 2 heterocycles. The van der Waals surface area contributed by atoms with E-state index in [0.29, 0.717) is 16.5 Å². The molecular weight excluding hydrogens is 327 g/mol. The average Bonchev–Trinajstić information content (AvgIpc) is 2.88. The number of fused-ring (bicyclic) bond motifs is 1. The summed E-state index contributed by atoms with van der Waals surface area (Å²) in [4.78, 5) is 0. The fourth-order valence-electron chi connectivity index (χ4n) is 2.87. The van der Waals surface area contributed by atoms with E-state index in [1.54, 1.807) is 6.08 Å². The van der Waals surface area contributed by atoms with Crippen LogP contribution < -0.4 is 5.23 Å². The lowest BCUT2D eigenvalue weighted by Crippen LogP contribution is -2.37. The molecule has 118 valence electrons. The molecule has 0 fully saturated rings. The van der Waals surface area contributed by atoms with Gasteiger partial charge in [0.15, 0.2) is 5.76 Å². The van der Waals surface area contributed by atoms with E-state index in [-0.39, 0.29) is 0 Å². The van der Waals surface area contributed by atoms with Crippen LogP contribution in [0.25, 0.3) is 16.5 Å². The molecule has 2 N–H and O–H groups in total. The molecule has 0 bridgehead atoms. The first-order chi connectivity index (χ1) is 10.8. The Labute approximate surface area is 142 Å². The monoisotopic (exact) mass is 344 g/mol. The third-order valence-electron chi connectivity index (χ3n) is 3.87. The largest absolute Gasteiger partial charge is 0.446 e. The van der Waals surface area contributed by atoms with Crippen LogP contribution in [0.4, 0.5) is 5.69 Å². The van der Waals surface area contributed by atoms with Crippen molar-refractivity contribution in [1.29, 1.82) is 0 Å². The lowest BCUT2D eigenvalue weighted by Gasteiger charge is -2.28. The molecule has 1 aromatic heterocycles. The Kier molecular flexibility index (Phi) is 4.00. The highest BCUT2D eigenvalue weighted by atomic mass is 35.5. The van der Waals surface area contributed by atoms with E-state index in [4.69, 9.17) is 16.1 Å². The van der Waals surface area contributed by atoms with Gasteiger partial charge in [-0.15, -0.1) is 0 Å². The lowest BCUT2D eigenvalue weighted by molar-refractivity contribution is 0.414. The number of benzene rings is 1. The Morgan fingerprint density at radius 3 is 2.52 bits per heavy atom. The molecule has 0 amide bonds. The summed E-state index contributed by atoms with van der Waals surface area (Å²) in [6, 6.07) is 7.38. The third-order valence-corrected chi connectivity index (χ3v) is 6.14. The van der Waals surface area contributed by atoms with Crippen LogP contribution in [-0.2, 0) is 0 Å². The van der Waals surface area contributed by atoms with Gasteiger partial charge in [0.1, 0.15) is 11.4 Å². The molecule has 23 heavy (non-hydrogen) atoms. The van der Waals surface area contributed by atoms with Crippen LogP contribution in [0.15, 0.2) is 46.9 Å². The van der Waals surface area contributed by atoms with E-state index in [1.807, 2.05) is 24.3 Å². The number of aromatic nitrogens is 1. The molecule has 7 heteroatoms. The zero-order chi connectivity index (χ0) is 16.8. The number of halogens is 1. The van der Waals surface area contributed by atoms with Gasteiger partial charge in [0, 0.05) is 10.6 Å². The van der Waals surface area contributed by atoms with E-state index in [1.165, 1.54) is 0 Å². The van der Waals surface area contributed by atoms with Crippen LogP contribution in [-0.4, -0.2) is 25.3 Å². The predicted octanol–water partition coefficient (Wildman–Crippen LogP) is 4.26. The second kappa shape index (κ2) is 5.71. The third kappa shape index (κ3) is 2.78. The van der Waals surface area contributed by atoms with Crippen molar-refractivity contribution in [3.05, 3.63) is 53.2 Å². The molecule has 1 aliphatic rings. The minimum Gasteiger partial charge on any atom is -0.429 e. The molecule has 0 spiro atoms. The van der Waals surface area contributed by atoms with Gasteiger partial charge in [-0.05, 0) is 22.8 Å². The summed E-state index contributed by atoms with van der Waals surface area (Å²) in [5, 5.41) is 19.5. The van der Waals surface area contributed by atoms with Gasteiger partial charge in [-0.2, -0.15) is 0 Å². The van der Waals surface area contributed by atoms with E-state index >= 15 is 0 Å². The van der Waals surface area contributed by atoms with Gasteiger partial charge in [0.25, 0.3) is 0 Å². The van der Waals surface area contributed by atoms with Crippen LogP contribution in [0.2, 0.25) is 24.7 Å². The average molecular weight is 345 g/mol. The van der Waals surface area contributed by atoms with Crippen LogP contribution in [0.1, 0.15) is 5.76 Å². The van der Waals surface area contributed by atoms with Gasteiger partial charge < -0.3 is 14.8 Å². The first-order valence-corrected chi connectivity index (χ1v) is 11.3. The molecule has 0 unspecified atom stereocenters. The number of hydrogen-bond acceptors (Lipinski definition) is 4. The van der Waals surface area contributed by atoms with Crippen molar-refractivity contribution in [2.75, 3.05) is 5.23 Å². The minimum absolute atomic E-state index is 0.663. The van der Waals surface area contributed by atoms with Gasteiger partial charge in [0.05, 0.1) is 8.07 Å². The number of nitrogens with one attached hydrogen (secondary N) is 1. The number of anilines is 1. The van der Waals surface area contributed by atoms with E-state index < -0.39 is 15.1 Å². The highest BCUT2D eigenvalue weighted by molar-refractivity contribution is 6.96. The van der Waals surface area contributed by atoms with E-state index in [0.717, 1.165) is 21.9 Å². The van der Waals surface area contributed by atoms with Gasteiger partial charge in [-0.1, -0.05) is 61.2 Å². The zero-order valence-corrected chi connectivity index (χ0v) is 15.1. The summed E-state index contributed by atoms with van der Waals surface area (Å²) in [7, 11) is -2.59. The Balaban J connectivity index is 2.20. The molecule has 0 radical (unpaired) electrons. The molecule has 3 rings (SSSR count). The first-order valence-electron chi connectivity index (χ1n) is 7.40. The summed E-state index contributed by atoms with van der Waals surface area (Å²) in [5.41, 5.74) is 3.06. The topological polar surface area (TPSA) is 58.3 Å². The van der Waals surface area contributed by atoms with Crippen molar-refractivity contribution >= 4 is 37.6 Å². The SMILES string of the molecule is C=CC1=C([Si](C)(C)C)c2onc(-c3ccc(Cl)cc3)c2NB1O. The zero-order valence-electron chi connectivity index (χ0n) is 13.4. The van der Waals surface area contributed by atoms with Crippen LogP contribution in [0, 0.1) is 0 Å². The van der Waals surface area contributed by atoms with Crippen LogP contribution >= 0.6 is 11.6 Å². The predicted molar refractivity (Wildman–Crippen MR) is 99.0 cm³/mol. The standard InChI is InChI=1S/C16H18BClN2O2Si/c1-5-12-16(23(2,3)4)15-14(19-17(12)21)13(20-22-15)10-6-8-11(18)9-7-10/h5-9,19,21H,1H2,2-4H3. The molecule has 1 aliphatic heterocycles. The molecule has 0 atom stereocenters. The van der Waals surface area contributed by atoms with Crippen molar-refractivity contribution in [2.45, 2.75) is 19.6 Å². The summed E-state index contributed by atoms with van der Waals surface area (Å²) in [6.45, 7) is 10.5. The second-order valence-corrected chi connectivity index (χ2v) is 12.0. The summed E-state index contributed by atoms with van der Waals surface area (Å²) >= 11 is 5.95. The number of hydrogen-bond donors (Lipinski definition) is 2. The van der Waals surface area contributed by atoms with Gasteiger partial charge in [0.2, 0.25) is 0 Å². The molecular formula is C16H18BClN2O2Si. The second-order valence-electron chi connectivity index (χ2n) is 6.57. The smallest absolute Gasteiger partial charge is 0.429 e. The molecule has 0 saturated heterocycles. The summed E-state index contributed by atoms with van der Waals surface area (Å²) in [5.74, 6) is 0.703. The highest BCUT2D eigenvalue weighted by Crippen LogP contribution is 2.43. The Hall–Kier alpha value is -1.76. The Morgan fingerprint density at radius 2 is 1.96 bits per heavy atom. The summed E-state index contributed by atoms with van der Waals surface area (Å²) < 4.78 is 5.66. The van der Waals surface area contributed by atoms with Crippen molar-refractivity contribution in [2.24, 2.45) is 0 Å². The molecule has 1 aromatic carbocycles. The van der Waals surface area contributed by atoms with Gasteiger partial charge >= 0.3 is 7.05 Å². The Morgan fingerprint density at radius 1 is 1.30 bits per heavy atom. The van der Waals surface area contributed by atoms with Crippen molar-refractivity contribution in [1.82, 2.24) is 5.16 Å². The number of nitrogens with zero attached hydrogens (tertiary/aromatic N) is 1. The maximum atomic E-state index is 10.5. The van der Waals surface area contributed by atoms with E-state index in [9.17, 15) is 5.02 Å². The Bertz CT molecular complexity index is 793. The number of allylic oxidation sites excluding steroid dienone is 2. The fourth-order valence-corrected chi connectivity index (χ4v) is 4.95. The maximum absolute atomic E-state index is 10.5. The van der Waals surface area contributed by atoms with Crippen molar-refractivity contribution < 1.29 is 9.55 Å². The minimum atomic E-state index is -1.78. The van der Waals surface area contributed by atoms with Gasteiger partial charge in [-0.25, -0.2) is 0 Å². The van der Waals surface area contributed by atoms with Crippen LogP contribution in [0.5, 0.6) is 0 Å².